The number of allylic oxidation sites excluding steroid dienone is 2. The molecule has 2 atom stereocenters. The van der Waals surface area contributed by atoms with Gasteiger partial charge in [-0.2, -0.15) is 0 Å². The van der Waals surface area contributed by atoms with Crippen molar-refractivity contribution in [3.63, 3.8) is 0 Å². The highest BCUT2D eigenvalue weighted by Crippen LogP contribution is 2.35. The Hall–Kier alpha value is -4.51. The third kappa shape index (κ3) is 7.22. The monoisotopic (exact) mass is 563 g/mol. The van der Waals surface area contributed by atoms with E-state index in [1.807, 2.05) is 36.4 Å². The number of amides is 1. The van der Waals surface area contributed by atoms with Crippen LogP contribution in [-0.4, -0.2) is 17.0 Å². The summed E-state index contributed by atoms with van der Waals surface area (Å²) in [7, 11) is 0. The smallest absolute Gasteiger partial charge is 0.336 e. The second-order valence-electron chi connectivity index (χ2n) is 11.3. The molecule has 42 heavy (non-hydrogen) atoms. The molecule has 0 aliphatic rings. The fourth-order valence-electron chi connectivity index (χ4n) is 5.17. The highest BCUT2D eigenvalue weighted by molar-refractivity contribution is 5.96. The van der Waals surface area contributed by atoms with E-state index in [2.05, 4.69) is 58.1 Å². The quantitative estimate of drug-likeness (QED) is 0.202. The third-order valence-corrected chi connectivity index (χ3v) is 8.16. The number of hydrogen-bond donors (Lipinski definition) is 2. The molecule has 0 bridgehead atoms. The average molecular weight is 564 g/mol. The molecule has 5 heteroatoms. The van der Waals surface area contributed by atoms with Crippen molar-refractivity contribution in [2.75, 3.05) is 0 Å². The second kappa shape index (κ2) is 13.4. The van der Waals surface area contributed by atoms with E-state index in [0.717, 1.165) is 28.7 Å². The molecular formula is C37H38FNO3. The molecule has 4 nitrogen and oxygen atoms in total. The largest absolute Gasteiger partial charge is 0.478 e. The fraction of sp³-hybridized carbons (Fsp3) is 0.243. The summed E-state index contributed by atoms with van der Waals surface area (Å²) in [6, 6.07) is 27.3. The second-order valence-corrected chi connectivity index (χ2v) is 11.3. The van der Waals surface area contributed by atoms with Gasteiger partial charge in [0.25, 0.3) is 5.91 Å². The van der Waals surface area contributed by atoms with E-state index in [1.165, 1.54) is 28.8 Å². The van der Waals surface area contributed by atoms with E-state index in [1.54, 1.807) is 24.3 Å². The highest BCUT2D eigenvalue weighted by Gasteiger charge is 2.21. The molecule has 0 aliphatic carbocycles. The van der Waals surface area contributed by atoms with Gasteiger partial charge < -0.3 is 10.4 Å². The van der Waals surface area contributed by atoms with E-state index >= 15 is 0 Å². The van der Waals surface area contributed by atoms with Crippen molar-refractivity contribution < 1.29 is 19.1 Å². The topological polar surface area (TPSA) is 66.4 Å². The zero-order valence-electron chi connectivity index (χ0n) is 24.9. The number of carboxylic acids is 1. The van der Waals surface area contributed by atoms with Gasteiger partial charge in [0.2, 0.25) is 0 Å². The molecule has 4 rings (SSSR count). The number of rotatable bonds is 10. The number of carbonyl (C=O) groups excluding carboxylic acids is 1. The van der Waals surface area contributed by atoms with Crippen LogP contribution in [0.15, 0.2) is 96.6 Å². The molecule has 0 aromatic heterocycles. The van der Waals surface area contributed by atoms with Gasteiger partial charge in [-0.3, -0.25) is 4.79 Å². The van der Waals surface area contributed by atoms with E-state index in [9.17, 15) is 19.1 Å². The predicted molar refractivity (Wildman–Crippen MR) is 168 cm³/mol. The molecule has 0 heterocycles. The van der Waals surface area contributed by atoms with Crippen LogP contribution in [-0.2, 0) is 13.0 Å². The van der Waals surface area contributed by atoms with E-state index < -0.39 is 5.97 Å². The van der Waals surface area contributed by atoms with Crippen molar-refractivity contribution in [2.45, 2.75) is 53.5 Å². The zero-order chi connectivity index (χ0) is 30.4. The lowest BCUT2D eigenvalue weighted by atomic mass is 9.80. The van der Waals surface area contributed by atoms with E-state index in [-0.39, 0.29) is 17.6 Å². The van der Waals surface area contributed by atoms with Gasteiger partial charge >= 0.3 is 5.97 Å². The molecule has 0 spiro atoms. The lowest BCUT2D eigenvalue weighted by Crippen LogP contribution is -2.23. The van der Waals surface area contributed by atoms with Crippen LogP contribution in [0, 0.1) is 11.7 Å². The van der Waals surface area contributed by atoms with Crippen LogP contribution in [0.3, 0.4) is 0 Å². The molecule has 0 radical (unpaired) electrons. The first-order valence-corrected chi connectivity index (χ1v) is 14.3. The van der Waals surface area contributed by atoms with Crippen LogP contribution in [0.2, 0.25) is 0 Å². The Morgan fingerprint density at radius 3 is 2.10 bits per heavy atom. The number of hydrogen-bond acceptors (Lipinski definition) is 2. The van der Waals surface area contributed by atoms with Gasteiger partial charge in [0.05, 0.1) is 5.56 Å². The van der Waals surface area contributed by atoms with Gasteiger partial charge in [-0.1, -0.05) is 80.1 Å². The standard InChI is InChI=1S/C37H38FNO3/c1-23(2)25(4)35-21-30(36(40)39-22-28-12-17-31(38)18-13-28)16-19-32(35)26(5)24(3)20-27-10-14-29(15-11-27)33-8-6-7-9-34(33)37(41)42/h6-19,21,24,26H,20,22H2,1-5H3,(H,39,40)(H,41,42). The Balaban J connectivity index is 1.52. The van der Waals surface area contributed by atoms with Crippen LogP contribution in [0.1, 0.15) is 83.5 Å². The first kappa shape index (κ1) is 30.4. The summed E-state index contributed by atoms with van der Waals surface area (Å²) in [5.41, 5.74) is 9.11. The van der Waals surface area contributed by atoms with Gasteiger partial charge in [0.1, 0.15) is 5.82 Å². The van der Waals surface area contributed by atoms with Crippen molar-refractivity contribution in [1.82, 2.24) is 5.32 Å². The van der Waals surface area contributed by atoms with Crippen LogP contribution in [0.4, 0.5) is 4.39 Å². The predicted octanol–water partition coefficient (Wildman–Crippen LogP) is 8.92. The molecule has 216 valence electrons. The summed E-state index contributed by atoms with van der Waals surface area (Å²) >= 11 is 0. The van der Waals surface area contributed by atoms with E-state index in [4.69, 9.17) is 0 Å². The van der Waals surface area contributed by atoms with Crippen LogP contribution < -0.4 is 5.32 Å². The molecular weight excluding hydrogens is 525 g/mol. The Bertz CT molecular complexity index is 1600. The summed E-state index contributed by atoms with van der Waals surface area (Å²) in [4.78, 5) is 24.7. The van der Waals surface area contributed by atoms with Crippen molar-refractivity contribution in [3.05, 3.63) is 136 Å². The maximum absolute atomic E-state index is 13.2. The maximum atomic E-state index is 13.2. The highest BCUT2D eigenvalue weighted by atomic mass is 19.1. The molecule has 0 fully saturated rings. The molecule has 2 unspecified atom stereocenters. The summed E-state index contributed by atoms with van der Waals surface area (Å²) in [6.45, 7) is 11.1. The summed E-state index contributed by atoms with van der Waals surface area (Å²) in [5, 5.41) is 12.5. The number of carboxylic acid groups (broad SMARTS) is 1. The lowest BCUT2D eigenvalue weighted by Gasteiger charge is -2.25. The SMILES string of the molecule is CC(C)=C(C)c1cc(C(=O)NCc2ccc(F)cc2)ccc1C(C)C(C)Cc1ccc(-c2ccccc2C(=O)O)cc1. The van der Waals surface area contributed by atoms with Gasteiger partial charge in [0, 0.05) is 12.1 Å². The number of halogens is 1. The van der Waals surface area contributed by atoms with Crippen molar-refractivity contribution >= 4 is 17.4 Å². The molecule has 1 amide bonds. The Morgan fingerprint density at radius 1 is 0.810 bits per heavy atom. The van der Waals surface area contributed by atoms with Gasteiger partial charge in [0.15, 0.2) is 0 Å². The van der Waals surface area contributed by atoms with Crippen LogP contribution in [0.25, 0.3) is 16.7 Å². The number of aromatic carboxylic acids is 1. The van der Waals surface area contributed by atoms with Gasteiger partial charge in [-0.15, -0.1) is 0 Å². The van der Waals surface area contributed by atoms with Crippen LogP contribution >= 0.6 is 0 Å². The zero-order valence-corrected chi connectivity index (χ0v) is 24.9. The Labute approximate surface area is 247 Å². The lowest BCUT2D eigenvalue weighted by molar-refractivity contribution is 0.0697. The minimum absolute atomic E-state index is 0.168. The molecule has 0 aliphatic heterocycles. The first-order chi connectivity index (χ1) is 20.0. The van der Waals surface area contributed by atoms with Crippen LogP contribution in [0.5, 0.6) is 0 Å². The maximum Gasteiger partial charge on any atom is 0.336 e. The Morgan fingerprint density at radius 2 is 1.45 bits per heavy atom. The fourth-order valence-corrected chi connectivity index (χ4v) is 5.17. The minimum Gasteiger partial charge on any atom is -0.478 e. The van der Waals surface area contributed by atoms with Crippen molar-refractivity contribution in [2.24, 2.45) is 5.92 Å². The van der Waals surface area contributed by atoms with E-state index in [0.29, 0.717) is 29.2 Å². The van der Waals surface area contributed by atoms with Gasteiger partial charge in [-0.25, -0.2) is 9.18 Å². The molecule has 0 saturated carbocycles. The average Bonchev–Trinajstić information content (AvgIpc) is 2.99. The van der Waals surface area contributed by atoms with Crippen molar-refractivity contribution in [3.8, 4) is 11.1 Å². The molecule has 4 aromatic carbocycles. The molecule has 2 N–H and O–H groups in total. The molecule has 4 aromatic rings. The number of carbonyl (C=O) groups is 2. The normalized spacial score (nSPS) is 12.3. The number of nitrogens with one attached hydrogen (secondary N) is 1. The van der Waals surface area contributed by atoms with Crippen molar-refractivity contribution in [1.29, 1.82) is 0 Å². The molecule has 0 saturated heterocycles. The third-order valence-electron chi connectivity index (χ3n) is 8.16. The first-order valence-electron chi connectivity index (χ1n) is 14.3. The Kier molecular flexibility index (Phi) is 9.74. The summed E-state index contributed by atoms with van der Waals surface area (Å²) < 4.78 is 13.2. The summed E-state index contributed by atoms with van der Waals surface area (Å²) in [6.07, 6.45) is 0.856. The number of benzene rings is 4. The van der Waals surface area contributed by atoms with Gasteiger partial charge in [-0.05, 0) is 108 Å². The summed E-state index contributed by atoms with van der Waals surface area (Å²) in [5.74, 6) is -0.874. The minimum atomic E-state index is -0.934.